The zero-order valence-corrected chi connectivity index (χ0v) is 21.2. The Hall–Kier alpha value is -3.44. The lowest BCUT2D eigenvalue weighted by Crippen LogP contribution is -2.54. The van der Waals surface area contributed by atoms with Gasteiger partial charge in [-0.3, -0.25) is 4.79 Å². The Morgan fingerprint density at radius 3 is 2.08 bits per heavy atom. The molecule has 2 amide bonds. The summed E-state index contributed by atoms with van der Waals surface area (Å²) in [6.45, 7) is 3.55. The number of nitrogens with one attached hydrogen (secondary N) is 2. The molecule has 4 N–H and O–H groups in total. The molecule has 0 aliphatic rings. The molecule has 0 fully saturated rings. The number of carboxylic acids is 1. The molecule has 2 rings (SSSR count). The number of rotatable bonds is 12. The van der Waals surface area contributed by atoms with Crippen LogP contribution in [0.25, 0.3) is 0 Å². The number of aliphatic hydroxyl groups is 1. The molecular formula is C25H32N2O8S. The highest BCUT2D eigenvalue weighted by molar-refractivity contribution is 7.90. The summed E-state index contributed by atoms with van der Waals surface area (Å²) >= 11 is 0. The standard InChI is InChI=1S/C25H32N2O8S/c1-16(2)13-21(24(30)31)26-23(29)22(28)20(14-17-9-11-19(12-10-17)36(3,33)34)27-25(32)35-15-18-7-5-4-6-8-18/h4-12,16,20-22,28H,13-15H2,1-3H3,(H,26,29)(H,27,32)(H,30,31)/t20-,21-,22+/m0/s1. The van der Waals surface area contributed by atoms with Crippen LogP contribution < -0.4 is 10.6 Å². The lowest BCUT2D eigenvalue weighted by Gasteiger charge is -2.25. The summed E-state index contributed by atoms with van der Waals surface area (Å²) in [4.78, 5) is 36.8. The molecule has 11 heteroatoms. The number of aliphatic hydroxyl groups excluding tert-OH is 1. The first-order valence-corrected chi connectivity index (χ1v) is 13.2. The van der Waals surface area contributed by atoms with E-state index in [9.17, 15) is 33.0 Å². The summed E-state index contributed by atoms with van der Waals surface area (Å²) in [6.07, 6.45) is -1.53. The number of carbonyl (C=O) groups excluding carboxylic acids is 2. The molecule has 2 aromatic carbocycles. The number of carboxylic acid groups (broad SMARTS) is 1. The van der Waals surface area contributed by atoms with Crippen LogP contribution in [0, 0.1) is 5.92 Å². The van der Waals surface area contributed by atoms with E-state index >= 15 is 0 Å². The molecule has 0 saturated carbocycles. The van der Waals surface area contributed by atoms with Gasteiger partial charge in [0.15, 0.2) is 15.9 Å². The van der Waals surface area contributed by atoms with Gasteiger partial charge >= 0.3 is 12.1 Å². The molecule has 0 heterocycles. The normalized spacial score (nSPS) is 13.9. The number of carbonyl (C=O) groups is 3. The summed E-state index contributed by atoms with van der Waals surface area (Å²) in [5.41, 5.74) is 1.26. The van der Waals surface area contributed by atoms with Crippen molar-refractivity contribution in [3.05, 3.63) is 65.7 Å². The Labute approximate surface area is 210 Å². The van der Waals surface area contributed by atoms with E-state index in [0.29, 0.717) is 5.56 Å². The number of ether oxygens (including phenoxy) is 1. The minimum absolute atomic E-state index is 0.0289. The van der Waals surface area contributed by atoms with Gasteiger partial charge in [-0.05, 0) is 42.0 Å². The van der Waals surface area contributed by atoms with Gasteiger partial charge in [0.05, 0.1) is 10.9 Å². The number of sulfone groups is 1. The number of amides is 2. The third-order valence-corrected chi connectivity index (χ3v) is 6.42. The van der Waals surface area contributed by atoms with Crippen molar-refractivity contribution in [1.29, 1.82) is 0 Å². The predicted molar refractivity (Wildman–Crippen MR) is 132 cm³/mol. The first kappa shape index (κ1) is 28.8. The smallest absolute Gasteiger partial charge is 0.407 e. The van der Waals surface area contributed by atoms with Gasteiger partial charge in [0.1, 0.15) is 12.6 Å². The van der Waals surface area contributed by atoms with Gasteiger partial charge in [-0.25, -0.2) is 18.0 Å². The van der Waals surface area contributed by atoms with Crippen molar-refractivity contribution in [2.45, 2.75) is 56.4 Å². The van der Waals surface area contributed by atoms with Crippen molar-refractivity contribution in [1.82, 2.24) is 10.6 Å². The van der Waals surface area contributed by atoms with Crippen LogP contribution in [0.5, 0.6) is 0 Å². The molecule has 0 spiro atoms. The number of aliphatic carboxylic acids is 1. The minimum Gasteiger partial charge on any atom is -0.480 e. The van der Waals surface area contributed by atoms with Crippen LogP contribution >= 0.6 is 0 Å². The maximum absolute atomic E-state index is 12.7. The molecule has 0 aliphatic heterocycles. The van der Waals surface area contributed by atoms with E-state index < -0.39 is 46.0 Å². The van der Waals surface area contributed by atoms with E-state index in [1.165, 1.54) is 24.3 Å². The third kappa shape index (κ3) is 9.31. The van der Waals surface area contributed by atoms with E-state index in [-0.39, 0.29) is 30.3 Å². The van der Waals surface area contributed by atoms with Gasteiger partial charge in [-0.2, -0.15) is 0 Å². The number of alkyl carbamates (subject to hydrolysis) is 1. The second kappa shape index (κ2) is 13.0. The molecular weight excluding hydrogens is 488 g/mol. The maximum Gasteiger partial charge on any atom is 0.407 e. The monoisotopic (exact) mass is 520 g/mol. The second-order valence-corrected chi connectivity index (χ2v) is 10.9. The molecule has 0 aromatic heterocycles. The van der Waals surface area contributed by atoms with Gasteiger partial charge in [0.2, 0.25) is 0 Å². The average Bonchev–Trinajstić information content (AvgIpc) is 2.81. The van der Waals surface area contributed by atoms with Crippen LogP contribution in [0.3, 0.4) is 0 Å². The quantitative estimate of drug-likeness (QED) is 0.330. The molecule has 0 unspecified atom stereocenters. The van der Waals surface area contributed by atoms with E-state index in [2.05, 4.69) is 10.6 Å². The fourth-order valence-corrected chi connectivity index (χ4v) is 4.05. The summed E-state index contributed by atoms with van der Waals surface area (Å²) in [7, 11) is -3.42. The first-order valence-electron chi connectivity index (χ1n) is 11.3. The van der Waals surface area contributed by atoms with Crippen molar-refractivity contribution in [2.24, 2.45) is 5.92 Å². The fourth-order valence-electron chi connectivity index (χ4n) is 3.42. The molecule has 196 valence electrons. The summed E-state index contributed by atoms with van der Waals surface area (Å²) in [6, 6.07) is 12.3. The van der Waals surface area contributed by atoms with Crippen molar-refractivity contribution in [3.63, 3.8) is 0 Å². The van der Waals surface area contributed by atoms with E-state index in [4.69, 9.17) is 4.74 Å². The Kier molecular flexibility index (Phi) is 10.4. The number of benzene rings is 2. The van der Waals surface area contributed by atoms with Crippen molar-refractivity contribution >= 4 is 27.8 Å². The molecule has 0 aliphatic carbocycles. The SMILES string of the molecule is CC(C)C[C@H](NC(=O)[C@H](O)[C@H](Cc1ccc(S(C)(=O)=O)cc1)NC(=O)OCc1ccccc1)C(=O)O. The molecule has 3 atom stereocenters. The minimum atomic E-state index is -3.42. The zero-order chi connectivity index (χ0) is 26.9. The first-order chi connectivity index (χ1) is 16.9. The summed E-state index contributed by atoms with van der Waals surface area (Å²) in [5, 5.41) is 24.9. The molecule has 10 nitrogen and oxygen atoms in total. The Morgan fingerprint density at radius 1 is 0.944 bits per heavy atom. The van der Waals surface area contributed by atoms with Crippen molar-refractivity contribution in [2.75, 3.05) is 6.26 Å². The van der Waals surface area contributed by atoms with Crippen molar-refractivity contribution < 1.29 is 37.8 Å². The Balaban J connectivity index is 2.18. The predicted octanol–water partition coefficient (Wildman–Crippen LogP) is 1.90. The lowest BCUT2D eigenvalue weighted by molar-refractivity contribution is -0.144. The van der Waals surface area contributed by atoms with Crippen molar-refractivity contribution in [3.8, 4) is 0 Å². The number of hydrogen-bond acceptors (Lipinski definition) is 7. The van der Waals surface area contributed by atoms with Crippen LogP contribution in [0.2, 0.25) is 0 Å². The van der Waals surface area contributed by atoms with Crippen LogP contribution in [0.1, 0.15) is 31.4 Å². The zero-order valence-electron chi connectivity index (χ0n) is 20.4. The fraction of sp³-hybridized carbons (Fsp3) is 0.400. The number of hydrogen-bond donors (Lipinski definition) is 4. The van der Waals surface area contributed by atoms with Gasteiger partial charge in [-0.15, -0.1) is 0 Å². The molecule has 36 heavy (non-hydrogen) atoms. The Morgan fingerprint density at radius 2 is 1.56 bits per heavy atom. The summed E-state index contributed by atoms with van der Waals surface area (Å²) < 4.78 is 28.6. The lowest BCUT2D eigenvalue weighted by atomic mass is 9.99. The largest absolute Gasteiger partial charge is 0.480 e. The molecule has 2 aromatic rings. The highest BCUT2D eigenvalue weighted by atomic mass is 32.2. The van der Waals surface area contributed by atoms with Crippen LogP contribution in [-0.2, 0) is 37.2 Å². The Bertz CT molecular complexity index is 1130. The third-order valence-electron chi connectivity index (χ3n) is 5.29. The summed E-state index contributed by atoms with van der Waals surface area (Å²) in [5.74, 6) is -2.24. The molecule has 0 radical (unpaired) electrons. The molecule has 0 saturated heterocycles. The van der Waals surface area contributed by atoms with E-state index in [1.807, 2.05) is 6.07 Å². The van der Waals surface area contributed by atoms with Crippen LogP contribution in [0.4, 0.5) is 4.79 Å². The average molecular weight is 521 g/mol. The molecule has 0 bridgehead atoms. The highest BCUT2D eigenvalue weighted by Crippen LogP contribution is 2.14. The van der Waals surface area contributed by atoms with E-state index in [1.54, 1.807) is 38.1 Å². The second-order valence-electron chi connectivity index (χ2n) is 8.91. The van der Waals surface area contributed by atoms with Crippen LogP contribution in [-0.4, -0.2) is 61.0 Å². The van der Waals surface area contributed by atoms with Gasteiger partial charge in [-0.1, -0.05) is 56.3 Å². The van der Waals surface area contributed by atoms with E-state index in [0.717, 1.165) is 11.8 Å². The highest BCUT2D eigenvalue weighted by Gasteiger charge is 2.31. The maximum atomic E-state index is 12.7. The van der Waals surface area contributed by atoms with Gasteiger partial charge in [0, 0.05) is 6.26 Å². The van der Waals surface area contributed by atoms with Gasteiger partial charge < -0.3 is 25.6 Å². The van der Waals surface area contributed by atoms with Crippen LogP contribution in [0.15, 0.2) is 59.5 Å². The topological polar surface area (TPSA) is 159 Å². The van der Waals surface area contributed by atoms with Gasteiger partial charge in [0.25, 0.3) is 5.91 Å².